The quantitative estimate of drug-likeness (QED) is 0.182. The van der Waals surface area contributed by atoms with E-state index in [1.54, 1.807) is 0 Å². The average molecular weight is 423 g/mol. The molecule has 1 aromatic carbocycles. The van der Waals surface area contributed by atoms with Gasteiger partial charge in [-0.05, 0) is 37.1 Å². The van der Waals surface area contributed by atoms with Gasteiger partial charge in [0.15, 0.2) is 0 Å². The number of carboxylic acid groups (broad SMARTS) is 1. The Kier molecular flexibility index (Phi) is 10.3. The number of phenolic OH excluding ortho intramolecular Hbond substituents is 1. The van der Waals surface area contributed by atoms with E-state index < -0.39 is 48.2 Å². The highest BCUT2D eigenvalue weighted by atomic mass is 16.4. The minimum absolute atomic E-state index is 0.0155. The van der Waals surface area contributed by atoms with Gasteiger partial charge in [-0.25, -0.2) is 4.79 Å². The van der Waals surface area contributed by atoms with E-state index in [0.717, 1.165) is 0 Å². The number of hydrogen-bond acceptors (Lipinski definition) is 7. The number of carbonyl (C=O) groups excluding carboxylic acids is 3. The summed E-state index contributed by atoms with van der Waals surface area (Å²) in [5.41, 5.74) is 16.9. The molecule has 3 unspecified atom stereocenters. The number of nitrogens with two attached hydrogens (primary N) is 3. The monoisotopic (exact) mass is 423 g/mol. The Hall–Kier alpha value is -3.18. The zero-order valence-corrected chi connectivity index (χ0v) is 16.5. The van der Waals surface area contributed by atoms with Crippen LogP contribution in [0.15, 0.2) is 24.3 Å². The first-order valence-corrected chi connectivity index (χ1v) is 9.49. The lowest BCUT2D eigenvalue weighted by Crippen LogP contribution is -2.55. The third-order valence-corrected chi connectivity index (χ3v) is 4.34. The first kappa shape index (κ1) is 24.9. The molecule has 0 saturated carbocycles. The van der Waals surface area contributed by atoms with Crippen molar-refractivity contribution in [1.29, 1.82) is 0 Å². The zero-order valence-electron chi connectivity index (χ0n) is 16.5. The summed E-state index contributed by atoms with van der Waals surface area (Å²) >= 11 is 0. The normalized spacial score (nSPS) is 13.7. The second kappa shape index (κ2) is 12.4. The number of nitrogens with one attached hydrogen (secondary N) is 2. The standard InChI is InChI=1S/C19H29N5O6/c20-8-2-1-3-13(21)17(27)23-14(10-16(22)26)18(28)24-15(19(29)30)9-11-4-6-12(25)7-5-11/h4-7,13-15,25H,1-3,8-10,20-21H2,(H2,22,26)(H,23,27)(H,24,28)(H,29,30). The van der Waals surface area contributed by atoms with E-state index in [9.17, 15) is 29.4 Å². The highest BCUT2D eigenvalue weighted by molar-refractivity contribution is 5.94. The maximum Gasteiger partial charge on any atom is 0.326 e. The Balaban J connectivity index is 2.81. The predicted octanol–water partition coefficient (Wildman–Crippen LogP) is -1.68. The summed E-state index contributed by atoms with van der Waals surface area (Å²) in [5, 5.41) is 23.4. The Morgan fingerprint density at radius 1 is 0.967 bits per heavy atom. The number of aromatic hydroxyl groups is 1. The first-order chi connectivity index (χ1) is 14.1. The molecule has 0 heterocycles. The number of amides is 3. The Morgan fingerprint density at radius 2 is 1.57 bits per heavy atom. The summed E-state index contributed by atoms with van der Waals surface area (Å²) in [7, 11) is 0. The molecule has 11 heteroatoms. The summed E-state index contributed by atoms with van der Waals surface area (Å²) in [5.74, 6) is -3.67. The van der Waals surface area contributed by atoms with E-state index in [1.807, 2.05) is 0 Å². The van der Waals surface area contributed by atoms with Crippen LogP contribution in [0.4, 0.5) is 0 Å². The van der Waals surface area contributed by atoms with Gasteiger partial charge in [-0.3, -0.25) is 14.4 Å². The summed E-state index contributed by atoms with van der Waals surface area (Å²) in [6.45, 7) is 0.457. The lowest BCUT2D eigenvalue weighted by Gasteiger charge is -2.22. The van der Waals surface area contributed by atoms with Crippen molar-refractivity contribution in [3.63, 3.8) is 0 Å². The van der Waals surface area contributed by atoms with Crippen LogP contribution in [0, 0.1) is 0 Å². The molecule has 10 N–H and O–H groups in total. The van der Waals surface area contributed by atoms with Crippen LogP contribution in [-0.4, -0.2) is 58.6 Å². The number of unbranched alkanes of at least 4 members (excludes halogenated alkanes) is 1. The van der Waals surface area contributed by atoms with Gasteiger partial charge in [-0.1, -0.05) is 18.6 Å². The van der Waals surface area contributed by atoms with E-state index in [1.165, 1.54) is 24.3 Å². The molecule has 0 aliphatic carbocycles. The molecule has 0 saturated heterocycles. The van der Waals surface area contributed by atoms with Crippen LogP contribution in [0.1, 0.15) is 31.2 Å². The molecule has 0 aromatic heterocycles. The van der Waals surface area contributed by atoms with Crippen molar-refractivity contribution in [3.05, 3.63) is 29.8 Å². The number of phenols is 1. The van der Waals surface area contributed by atoms with Gasteiger partial charge in [0.2, 0.25) is 17.7 Å². The SMILES string of the molecule is NCCCCC(N)C(=O)NC(CC(N)=O)C(=O)NC(Cc1ccc(O)cc1)C(=O)O. The average Bonchev–Trinajstić information content (AvgIpc) is 2.68. The molecule has 0 radical (unpaired) electrons. The van der Waals surface area contributed by atoms with Crippen molar-refractivity contribution in [2.75, 3.05) is 6.54 Å². The fourth-order valence-corrected chi connectivity index (χ4v) is 2.67. The van der Waals surface area contributed by atoms with Crippen LogP contribution in [-0.2, 0) is 25.6 Å². The topological polar surface area (TPSA) is 211 Å². The molecule has 1 rings (SSSR count). The number of hydrogen-bond donors (Lipinski definition) is 7. The van der Waals surface area contributed by atoms with E-state index >= 15 is 0 Å². The molecule has 3 atom stereocenters. The fraction of sp³-hybridized carbons (Fsp3) is 0.474. The summed E-state index contributed by atoms with van der Waals surface area (Å²) < 4.78 is 0. The first-order valence-electron chi connectivity index (χ1n) is 9.49. The number of carboxylic acids is 1. The van der Waals surface area contributed by atoms with Crippen LogP contribution in [0.5, 0.6) is 5.75 Å². The molecule has 166 valence electrons. The molecule has 30 heavy (non-hydrogen) atoms. The van der Waals surface area contributed by atoms with Gasteiger partial charge in [-0.2, -0.15) is 0 Å². The number of rotatable bonds is 13. The van der Waals surface area contributed by atoms with Gasteiger partial charge in [-0.15, -0.1) is 0 Å². The van der Waals surface area contributed by atoms with Gasteiger partial charge in [0.05, 0.1) is 12.5 Å². The van der Waals surface area contributed by atoms with E-state index in [4.69, 9.17) is 17.2 Å². The molecular formula is C19H29N5O6. The van der Waals surface area contributed by atoms with Gasteiger partial charge in [0, 0.05) is 6.42 Å². The Morgan fingerprint density at radius 3 is 2.10 bits per heavy atom. The lowest BCUT2D eigenvalue weighted by molar-refractivity contribution is -0.142. The predicted molar refractivity (Wildman–Crippen MR) is 108 cm³/mol. The van der Waals surface area contributed by atoms with Crippen molar-refractivity contribution in [2.45, 2.75) is 50.2 Å². The third-order valence-electron chi connectivity index (χ3n) is 4.34. The van der Waals surface area contributed by atoms with Crippen molar-refractivity contribution < 1.29 is 29.4 Å². The summed E-state index contributed by atoms with van der Waals surface area (Å²) in [6.07, 6.45) is 1.05. The molecule has 0 spiro atoms. The molecule has 1 aromatic rings. The summed E-state index contributed by atoms with van der Waals surface area (Å²) in [4.78, 5) is 47.7. The second-order valence-electron chi connectivity index (χ2n) is 6.89. The Bertz CT molecular complexity index is 739. The minimum Gasteiger partial charge on any atom is -0.508 e. The summed E-state index contributed by atoms with van der Waals surface area (Å²) in [6, 6.07) is 2.20. The second-order valence-corrected chi connectivity index (χ2v) is 6.89. The number of aliphatic carboxylic acids is 1. The molecule has 0 aliphatic rings. The number of carbonyl (C=O) groups is 4. The minimum atomic E-state index is -1.36. The van der Waals surface area contributed by atoms with Crippen molar-refractivity contribution >= 4 is 23.7 Å². The fourth-order valence-electron chi connectivity index (χ4n) is 2.67. The third kappa shape index (κ3) is 8.88. The van der Waals surface area contributed by atoms with Crippen LogP contribution in [0.25, 0.3) is 0 Å². The number of primary amides is 1. The highest BCUT2D eigenvalue weighted by Crippen LogP contribution is 2.12. The molecule has 0 fully saturated rings. The van der Waals surface area contributed by atoms with Crippen LogP contribution >= 0.6 is 0 Å². The maximum atomic E-state index is 12.6. The van der Waals surface area contributed by atoms with Gasteiger partial charge in [0.1, 0.15) is 17.8 Å². The number of benzene rings is 1. The van der Waals surface area contributed by atoms with Gasteiger partial charge < -0.3 is 38.0 Å². The van der Waals surface area contributed by atoms with Crippen LogP contribution < -0.4 is 27.8 Å². The smallest absolute Gasteiger partial charge is 0.326 e. The molecular weight excluding hydrogens is 394 g/mol. The van der Waals surface area contributed by atoms with Crippen molar-refractivity contribution in [1.82, 2.24) is 10.6 Å². The molecule has 3 amide bonds. The lowest BCUT2D eigenvalue weighted by atomic mass is 10.0. The van der Waals surface area contributed by atoms with Gasteiger partial charge in [0.25, 0.3) is 0 Å². The zero-order chi connectivity index (χ0) is 22.7. The van der Waals surface area contributed by atoms with E-state index in [2.05, 4.69) is 10.6 Å². The van der Waals surface area contributed by atoms with E-state index in [0.29, 0.717) is 31.4 Å². The van der Waals surface area contributed by atoms with Crippen molar-refractivity contribution in [3.8, 4) is 5.75 Å². The largest absolute Gasteiger partial charge is 0.508 e. The molecule has 0 bridgehead atoms. The van der Waals surface area contributed by atoms with Crippen LogP contribution in [0.2, 0.25) is 0 Å². The van der Waals surface area contributed by atoms with Crippen molar-refractivity contribution in [2.24, 2.45) is 17.2 Å². The van der Waals surface area contributed by atoms with Crippen LogP contribution in [0.3, 0.4) is 0 Å². The van der Waals surface area contributed by atoms with Gasteiger partial charge >= 0.3 is 5.97 Å². The molecule has 11 nitrogen and oxygen atoms in total. The highest BCUT2D eigenvalue weighted by Gasteiger charge is 2.29. The Labute approximate surface area is 174 Å². The van der Waals surface area contributed by atoms with E-state index in [-0.39, 0.29) is 12.2 Å². The maximum absolute atomic E-state index is 12.6. The molecule has 0 aliphatic heterocycles.